The lowest BCUT2D eigenvalue weighted by atomic mass is 10.2. The third kappa shape index (κ3) is 3.00. The number of hydrogen-bond donors (Lipinski definition) is 0. The smallest absolute Gasteiger partial charge is 0.226 e. The van der Waals surface area contributed by atoms with E-state index in [1.54, 1.807) is 17.6 Å². The van der Waals surface area contributed by atoms with E-state index in [4.69, 9.17) is 4.42 Å². The molecule has 0 unspecified atom stereocenters. The van der Waals surface area contributed by atoms with Crippen molar-refractivity contribution in [2.24, 2.45) is 5.92 Å². The first-order chi connectivity index (χ1) is 11.2. The predicted octanol–water partition coefficient (Wildman–Crippen LogP) is 2.89. The number of carbonyl (C=O) groups excluding carboxylic acids is 1. The molecule has 1 saturated carbocycles. The van der Waals surface area contributed by atoms with Crippen molar-refractivity contribution in [3.05, 3.63) is 35.2 Å². The SMILES string of the molecule is Cc1csc(N2CCCN(C(=O)[C@H]3C[C@H]3c3ccco3)CC2)n1. The molecule has 1 amide bonds. The van der Waals surface area contributed by atoms with E-state index in [1.165, 1.54) is 0 Å². The zero-order valence-electron chi connectivity index (χ0n) is 13.3. The molecule has 2 aromatic rings. The Morgan fingerprint density at radius 1 is 1.35 bits per heavy atom. The normalized spacial score (nSPS) is 24.6. The molecule has 1 aliphatic heterocycles. The Balaban J connectivity index is 1.36. The summed E-state index contributed by atoms with van der Waals surface area (Å²) in [6, 6.07) is 3.88. The number of hydrogen-bond acceptors (Lipinski definition) is 5. The maximum atomic E-state index is 12.7. The van der Waals surface area contributed by atoms with Gasteiger partial charge in [0.25, 0.3) is 0 Å². The Bertz CT molecular complexity index is 682. The molecule has 0 radical (unpaired) electrons. The zero-order chi connectivity index (χ0) is 15.8. The third-order valence-corrected chi connectivity index (χ3v) is 5.72. The molecule has 2 atom stereocenters. The molecule has 5 nitrogen and oxygen atoms in total. The third-order valence-electron chi connectivity index (χ3n) is 4.70. The minimum atomic E-state index is 0.120. The standard InChI is InChI=1S/C17H21N3O2S/c1-12-11-23-17(18-12)20-6-3-5-19(7-8-20)16(21)14-10-13(14)15-4-2-9-22-15/h2,4,9,11,13-14H,3,5-8,10H2,1H3/t13-,14+/m1/s1. The number of thiazole rings is 1. The van der Waals surface area contributed by atoms with Crippen LogP contribution < -0.4 is 4.90 Å². The monoisotopic (exact) mass is 331 g/mol. The molecular formula is C17H21N3O2S. The van der Waals surface area contributed by atoms with Crippen LogP contribution in [0.5, 0.6) is 0 Å². The number of amides is 1. The molecule has 4 rings (SSSR count). The van der Waals surface area contributed by atoms with E-state index in [9.17, 15) is 4.79 Å². The van der Waals surface area contributed by atoms with E-state index in [1.807, 2.05) is 24.0 Å². The van der Waals surface area contributed by atoms with Gasteiger partial charge in [0.2, 0.25) is 5.91 Å². The van der Waals surface area contributed by atoms with E-state index in [-0.39, 0.29) is 5.92 Å². The second-order valence-corrected chi connectivity index (χ2v) is 7.24. The van der Waals surface area contributed by atoms with E-state index in [2.05, 4.69) is 15.3 Å². The van der Waals surface area contributed by atoms with Crippen molar-refractivity contribution in [2.75, 3.05) is 31.1 Å². The van der Waals surface area contributed by atoms with Gasteiger partial charge in [-0.05, 0) is 31.9 Å². The predicted molar refractivity (Wildman–Crippen MR) is 89.8 cm³/mol. The van der Waals surface area contributed by atoms with Crippen LogP contribution in [-0.4, -0.2) is 42.0 Å². The maximum Gasteiger partial charge on any atom is 0.226 e. The quantitative estimate of drug-likeness (QED) is 0.868. The summed E-state index contributed by atoms with van der Waals surface area (Å²) in [6.07, 6.45) is 3.62. The molecule has 1 saturated heterocycles. The molecule has 0 aromatic carbocycles. The van der Waals surface area contributed by atoms with Gasteiger partial charge in [-0.3, -0.25) is 4.79 Å². The molecule has 2 fully saturated rings. The van der Waals surface area contributed by atoms with Crippen LogP contribution in [0.3, 0.4) is 0 Å². The topological polar surface area (TPSA) is 49.6 Å². The Morgan fingerprint density at radius 3 is 3.00 bits per heavy atom. The van der Waals surface area contributed by atoms with Crippen LogP contribution >= 0.6 is 11.3 Å². The van der Waals surface area contributed by atoms with Crippen LogP contribution in [0.2, 0.25) is 0 Å². The van der Waals surface area contributed by atoms with Crippen LogP contribution in [0.15, 0.2) is 28.2 Å². The summed E-state index contributed by atoms with van der Waals surface area (Å²) in [4.78, 5) is 21.6. The number of nitrogens with zero attached hydrogens (tertiary/aromatic N) is 3. The number of aromatic nitrogens is 1. The maximum absolute atomic E-state index is 12.7. The lowest BCUT2D eigenvalue weighted by molar-refractivity contribution is -0.132. The van der Waals surface area contributed by atoms with Gasteiger partial charge in [0.1, 0.15) is 5.76 Å². The molecule has 122 valence electrons. The Morgan fingerprint density at radius 2 is 2.26 bits per heavy atom. The average molecular weight is 331 g/mol. The molecule has 0 N–H and O–H groups in total. The van der Waals surface area contributed by atoms with Gasteiger partial charge in [0.05, 0.1) is 12.0 Å². The first kappa shape index (κ1) is 14.8. The highest BCUT2D eigenvalue weighted by Gasteiger charge is 2.47. The fourth-order valence-corrected chi connectivity index (χ4v) is 4.19. The summed E-state index contributed by atoms with van der Waals surface area (Å²) < 4.78 is 5.44. The highest BCUT2D eigenvalue weighted by atomic mass is 32.1. The van der Waals surface area contributed by atoms with Crippen molar-refractivity contribution in [1.29, 1.82) is 0 Å². The Labute approximate surface area is 139 Å². The number of carbonyl (C=O) groups is 1. The van der Waals surface area contributed by atoms with E-state index in [0.717, 1.165) is 55.6 Å². The molecule has 1 aliphatic carbocycles. The highest BCUT2D eigenvalue weighted by molar-refractivity contribution is 7.13. The second kappa shape index (κ2) is 6.00. The van der Waals surface area contributed by atoms with Crippen molar-refractivity contribution in [3.8, 4) is 0 Å². The van der Waals surface area contributed by atoms with Crippen molar-refractivity contribution >= 4 is 22.4 Å². The Kier molecular flexibility index (Phi) is 3.85. The summed E-state index contributed by atoms with van der Waals surface area (Å²) in [5.74, 6) is 1.66. The molecule has 3 heterocycles. The van der Waals surface area contributed by atoms with Gasteiger partial charge in [0, 0.05) is 43.4 Å². The molecule has 0 spiro atoms. The van der Waals surface area contributed by atoms with E-state index >= 15 is 0 Å². The Hall–Kier alpha value is -1.82. The molecule has 23 heavy (non-hydrogen) atoms. The van der Waals surface area contributed by atoms with Crippen LogP contribution in [0.25, 0.3) is 0 Å². The van der Waals surface area contributed by atoms with Crippen LogP contribution in [0.4, 0.5) is 5.13 Å². The van der Waals surface area contributed by atoms with Crippen molar-refractivity contribution < 1.29 is 9.21 Å². The van der Waals surface area contributed by atoms with Crippen LogP contribution in [0, 0.1) is 12.8 Å². The zero-order valence-corrected chi connectivity index (χ0v) is 14.1. The largest absolute Gasteiger partial charge is 0.469 e. The second-order valence-electron chi connectivity index (χ2n) is 6.40. The van der Waals surface area contributed by atoms with Gasteiger partial charge < -0.3 is 14.2 Å². The fourth-order valence-electron chi connectivity index (χ4n) is 3.34. The molecule has 2 aromatic heterocycles. The van der Waals surface area contributed by atoms with Gasteiger partial charge >= 0.3 is 0 Å². The van der Waals surface area contributed by atoms with Gasteiger partial charge in [-0.1, -0.05) is 0 Å². The van der Waals surface area contributed by atoms with Crippen molar-refractivity contribution in [2.45, 2.75) is 25.7 Å². The minimum Gasteiger partial charge on any atom is -0.469 e. The summed E-state index contributed by atoms with van der Waals surface area (Å²) in [6.45, 7) is 5.51. The summed E-state index contributed by atoms with van der Waals surface area (Å²) in [5.41, 5.74) is 1.07. The summed E-state index contributed by atoms with van der Waals surface area (Å²) in [7, 11) is 0. The van der Waals surface area contributed by atoms with Crippen molar-refractivity contribution in [3.63, 3.8) is 0 Å². The lowest BCUT2D eigenvalue weighted by Crippen LogP contribution is -2.36. The fraction of sp³-hybridized carbons (Fsp3) is 0.529. The van der Waals surface area contributed by atoms with E-state index in [0.29, 0.717) is 11.8 Å². The minimum absolute atomic E-state index is 0.120. The van der Waals surface area contributed by atoms with Gasteiger partial charge in [-0.15, -0.1) is 11.3 Å². The van der Waals surface area contributed by atoms with Crippen molar-refractivity contribution in [1.82, 2.24) is 9.88 Å². The number of furan rings is 1. The highest BCUT2D eigenvalue weighted by Crippen LogP contribution is 2.48. The number of anilines is 1. The van der Waals surface area contributed by atoms with Crippen LogP contribution in [0.1, 0.15) is 30.2 Å². The van der Waals surface area contributed by atoms with Crippen LogP contribution in [-0.2, 0) is 4.79 Å². The first-order valence-corrected chi connectivity index (χ1v) is 9.09. The molecular weight excluding hydrogens is 310 g/mol. The van der Waals surface area contributed by atoms with Gasteiger partial charge in [-0.25, -0.2) is 4.98 Å². The molecule has 6 heteroatoms. The number of aryl methyl sites for hydroxylation is 1. The number of rotatable bonds is 3. The van der Waals surface area contributed by atoms with E-state index < -0.39 is 0 Å². The lowest BCUT2D eigenvalue weighted by Gasteiger charge is -2.21. The molecule has 2 aliphatic rings. The van der Waals surface area contributed by atoms with Gasteiger partial charge in [-0.2, -0.15) is 0 Å². The average Bonchev–Trinajstić information content (AvgIpc) is 3.06. The first-order valence-electron chi connectivity index (χ1n) is 8.21. The van der Waals surface area contributed by atoms with Gasteiger partial charge in [0.15, 0.2) is 5.13 Å². The summed E-state index contributed by atoms with van der Waals surface area (Å²) in [5, 5.41) is 3.16. The summed E-state index contributed by atoms with van der Waals surface area (Å²) >= 11 is 1.69. The molecule has 0 bridgehead atoms.